The third-order valence-corrected chi connectivity index (χ3v) is 8.91. The van der Waals surface area contributed by atoms with Crippen molar-refractivity contribution >= 4 is 39.1 Å². The van der Waals surface area contributed by atoms with Gasteiger partial charge in [-0.2, -0.15) is 4.31 Å². The Balaban J connectivity index is 1.76. The summed E-state index contributed by atoms with van der Waals surface area (Å²) in [6, 6.07) is 2.94. The fourth-order valence-corrected chi connectivity index (χ4v) is 6.13. The van der Waals surface area contributed by atoms with Crippen LogP contribution >= 0.6 is 23.2 Å². The van der Waals surface area contributed by atoms with E-state index in [9.17, 15) is 13.2 Å². The van der Waals surface area contributed by atoms with Gasteiger partial charge in [0.25, 0.3) is 0 Å². The number of amides is 1. The highest BCUT2D eigenvalue weighted by Crippen LogP contribution is 2.35. The second kappa shape index (κ2) is 14.0. The van der Waals surface area contributed by atoms with Crippen LogP contribution in [0.25, 0.3) is 0 Å². The Morgan fingerprint density at radius 2 is 1.60 bits per heavy atom. The van der Waals surface area contributed by atoms with Crippen molar-refractivity contribution in [3.05, 3.63) is 22.2 Å². The molecule has 2 rings (SSSR count). The molecule has 200 valence electrons. The molecule has 1 saturated carbocycles. The monoisotopic (exact) mass is 553 g/mol. The van der Waals surface area contributed by atoms with Crippen molar-refractivity contribution in [1.82, 2.24) is 14.1 Å². The van der Waals surface area contributed by atoms with Gasteiger partial charge in [-0.05, 0) is 39.8 Å². The van der Waals surface area contributed by atoms with Crippen LogP contribution in [0.2, 0.25) is 10.0 Å². The SMILES string of the molecule is COc1cc(Cl)c(S(=O)(=O)N(C)CCOCC(=O)N(C)C2CCC(OCCN(C)C)CC2)c(Cl)c1. The molecule has 35 heavy (non-hydrogen) atoms. The summed E-state index contributed by atoms with van der Waals surface area (Å²) in [5, 5.41) is -0.0616. The fourth-order valence-electron chi connectivity index (χ4n) is 3.84. The lowest BCUT2D eigenvalue weighted by Crippen LogP contribution is -2.42. The number of hydrogen-bond donors (Lipinski definition) is 0. The van der Waals surface area contributed by atoms with Gasteiger partial charge in [0.15, 0.2) is 0 Å². The molecule has 0 bridgehead atoms. The molecular weight excluding hydrogens is 517 g/mol. The maximum Gasteiger partial charge on any atom is 0.248 e. The minimum Gasteiger partial charge on any atom is -0.497 e. The Labute approximate surface area is 219 Å². The molecule has 0 saturated heterocycles. The minimum absolute atomic E-state index is 0.0308. The number of carbonyl (C=O) groups is 1. The van der Waals surface area contributed by atoms with Gasteiger partial charge in [-0.3, -0.25) is 4.79 Å². The average Bonchev–Trinajstić information content (AvgIpc) is 2.80. The number of carbonyl (C=O) groups excluding carboxylic acids is 1. The van der Waals surface area contributed by atoms with Crippen molar-refractivity contribution in [2.75, 3.05) is 68.2 Å². The van der Waals surface area contributed by atoms with Crippen LogP contribution < -0.4 is 4.74 Å². The molecule has 1 amide bonds. The molecule has 1 aromatic rings. The van der Waals surface area contributed by atoms with Gasteiger partial charge in [-0.15, -0.1) is 0 Å². The van der Waals surface area contributed by atoms with Crippen LogP contribution in [0.15, 0.2) is 17.0 Å². The highest BCUT2D eigenvalue weighted by Gasteiger charge is 2.29. The smallest absolute Gasteiger partial charge is 0.248 e. The van der Waals surface area contributed by atoms with Crippen LogP contribution in [0.4, 0.5) is 0 Å². The Kier molecular flexibility index (Phi) is 12.0. The predicted octanol–water partition coefficient (Wildman–Crippen LogP) is 2.99. The van der Waals surface area contributed by atoms with E-state index in [-0.39, 0.29) is 52.8 Å². The van der Waals surface area contributed by atoms with Crippen molar-refractivity contribution in [1.29, 1.82) is 0 Å². The first-order chi connectivity index (χ1) is 16.5. The molecule has 12 heteroatoms. The number of benzene rings is 1. The standard InChI is InChI=1S/C23H37Cl2N3O6S/c1-26(2)10-13-34-18-8-6-17(7-9-18)28(4)22(29)16-33-12-11-27(3)35(30,31)23-20(24)14-19(32-5)15-21(23)25/h14-15,17-18H,6-13,16H2,1-5H3. The summed E-state index contributed by atoms with van der Waals surface area (Å²) < 4.78 is 43.4. The maximum absolute atomic E-state index is 12.9. The van der Waals surface area contributed by atoms with E-state index in [1.54, 1.807) is 11.9 Å². The Hall–Kier alpha value is -1.14. The number of halogens is 2. The quantitative estimate of drug-likeness (QED) is 0.347. The van der Waals surface area contributed by atoms with Crippen LogP contribution in [-0.4, -0.2) is 109 Å². The molecular formula is C23H37Cl2N3O6S. The molecule has 0 spiro atoms. The van der Waals surface area contributed by atoms with E-state index in [2.05, 4.69) is 4.90 Å². The molecule has 0 N–H and O–H groups in total. The zero-order valence-corrected chi connectivity index (χ0v) is 23.5. The van der Waals surface area contributed by atoms with Gasteiger partial charge in [-0.1, -0.05) is 23.2 Å². The summed E-state index contributed by atoms with van der Waals surface area (Å²) >= 11 is 12.3. The highest BCUT2D eigenvalue weighted by molar-refractivity contribution is 7.89. The number of sulfonamides is 1. The number of nitrogens with zero attached hydrogens (tertiary/aromatic N) is 3. The molecule has 0 aromatic heterocycles. The van der Waals surface area contributed by atoms with E-state index in [4.69, 9.17) is 37.4 Å². The van der Waals surface area contributed by atoms with Crippen LogP contribution in [0, 0.1) is 0 Å². The van der Waals surface area contributed by atoms with Crippen molar-refractivity contribution in [2.45, 2.75) is 42.7 Å². The molecule has 1 aromatic carbocycles. The summed E-state index contributed by atoms with van der Waals surface area (Å²) in [6.45, 7) is 1.58. The second-order valence-corrected chi connectivity index (χ2v) is 11.7. The molecule has 1 aliphatic rings. The fraction of sp³-hybridized carbons (Fsp3) is 0.696. The summed E-state index contributed by atoms with van der Waals surface area (Å²) in [4.78, 5) is 16.2. The topological polar surface area (TPSA) is 88.6 Å². The zero-order chi connectivity index (χ0) is 26.2. The summed E-state index contributed by atoms with van der Waals surface area (Å²) in [6.07, 6.45) is 3.88. The van der Waals surface area contributed by atoms with Crippen LogP contribution in [-0.2, 0) is 24.3 Å². The first-order valence-electron chi connectivity index (χ1n) is 11.6. The Morgan fingerprint density at radius 3 is 2.14 bits per heavy atom. The zero-order valence-electron chi connectivity index (χ0n) is 21.1. The van der Waals surface area contributed by atoms with E-state index in [1.165, 1.54) is 26.3 Å². The van der Waals surface area contributed by atoms with Gasteiger partial charge in [0.1, 0.15) is 17.3 Å². The molecule has 0 unspecified atom stereocenters. The Bertz CT molecular complexity index is 916. The van der Waals surface area contributed by atoms with Gasteiger partial charge in [0.05, 0.1) is 36.5 Å². The number of methoxy groups -OCH3 is 1. The van der Waals surface area contributed by atoms with Crippen LogP contribution in [0.3, 0.4) is 0 Å². The van der Waals surface area contributed by atoms with Crippen LogP contribution in [0.5, 0.6) is 5.75 Å². The molecule has 0 radical (unpaired) electrons. The van der Waals surface area contributed by atoms with Crippen molar-refractivity contribution in [3.8, 4) is 5.75 Å². The van der Waals surface area contributed by atoms with Crippen molar-refractivity contribution in [3.63, 3.8) is 0 Å². The van der Waals surface area contributed by atoms with Gasteiger partial charge >= 0.3 is 0 Å². The maximum atomic E-state index is 12.9. The lowest BCUT2D eigenvalue weighted by Gasteiger charge is -2.34. The van der Waals surface area contributed by atoms with Crippen molar-refractivity contribution < 1.29 is 27.4 Å². The first-order valence-corrected chi connectivity index (χ1v) is 13.8. The van der Waals surface area contributed by atoms with Gasteiger partial charge in [-0.25, -0.2) is 8.42 Å². The molecule has 0 aliphatic heterocycles. The summed E-state index contributed by atoms with van der Waals surface area (Å²) in [5.74, 6) is 0.228. The van der Waals surface area contributed by atoms with Crippen molar-refractivity contribution in [2.24, 2.45) is 0 Å². The number of hydrogen-bond acceptors (Lipinski definition) is 7. The molecule has 9 nitrogen and oxygen atoms in total. The lowest BCUT2D eigenvalue weighted by molar-refractivity contribution is -0.138. The highest BCUT2D eigenvalue weighted by atomic mass is 35.5. The van der Waals surface area contributed by atoms with E-state index in [0.29, 0.717) is 12.4 Å². The summed E-state index contributed by atoms with van der Waals surface area (Å²) in [5.41, 5.74) is 0. The van der Waals surface area contributed by atoms with E-state index >= 15 is 0 Å². The normalized spacial score (nSPS) is 18.8. The molecule has 1 fully saturated rings. The number of likely N-dealkylation sites (N-methyl/N-ethyl adjacent to an activating group) is 3. The van der Waals surface area contributed by atoms with Gasteiger partial charge in [0.2, 0.25) is 15.9 Å². The molecule has 1 aliphatic carbocycles. The third kappa shape index (κ3) is 8.73. The second-order valence-electron chi connectivity index (χ2n) is 8.91. The lowest BCUT2D eigenvalue weighted by atomic mass is 9.92. The first kappa shape index (κ1) is 30.1. The minimum atomic E-state index is -3.95. The third-order valence-electron chi connectivity index (χ3n) is 6.13. The predicted molar refractivity (Wildman–Crippen MR) is 137 cm³/mol. The van der Waals surface area contributed by atoms with Gasteiger partial charge in [0, 0.05) is 45.4 Å². The summed E-state index contributed by atoms with van der Waals surface area (Å²) in [7, 11) is 4.71. The Morgan fingerprint density at radius 1 is 1.00 bits per heavy atom. The molecule has 0 heterocycles. The van der Waals surface area contributed by atoms with E-state index in [0.717, 1.165) is 36.5 Å². The van der Waals surface area contributed by atoms with Gasteiger partial charge < -0.3 is 24.0 Å². The average molecular weight is 555 g/mol. The number of rotatable bonds is 13. The number of ether oxygens (including phenoxy) is 3. The molecule has 0 atom stereocenters. The van der Waals surface area contributed by atoms with E-state index < -0.39 is 10.0 Å². The van der Waals surface area contributed by atoms with E-state index in [1.807, 2.05) is 14.1 Å². The van der Waals surface area contributed by atoms with Crippen LogP contribution in [0.1, 0.15) is 25.7 Å². The largest absolute Gasteiger partial charge is 0.497 e.